The van der Waals surface area contributed by atoms with Crippen molar-refractivity contribution in [2.45, 2.75) is 26.2 Å². The summed E-state index contributed by atoms with van der Waals surface area (Å²) in [5, 5.41) is 7.22. The van der Waals surface area contributed by atoms with Crippen LogP contribution in [0.2, 0.25) is 0 Å². The molecule has 0 saturated carbocycles. The number of rotatable bonds is 4. The van der Waals surface area contributed by atoms with Crippen molar-refractivity contribution in [2.24, 2.45) is 0 Å². The molecule has 0 radical (unpaired) electrons. The number of likely N-dealkylation sites (tertiary alicyclic amines) is 1. The Balaban J connectivity index is 1.35. The second kappa shape index (κ2) is 8.78. The van der Waals surface area contributed by atoms with Gasteiger partial charge in [-0.2, -0.15) is 5.10 Å². The minimum atomic E-state index is -0.0245. The SMILES string of the molecule is Cc1ccc(-c2cc(C(=O)N3CCCN(CC(=O)N4CCCC4)CC3)[nH]n2)cc1. The van der Waals surface area contributed by atoms with Crippen molar-refractivity contribution in [2.75, 3.05) is 45.8 Å². The van der Waals surface area contributed by atoms with Crippen LogP contribution < -0.4 is 0 Å². The Morgan fingerprint density at radius 3 is 2.41 bits per heavy atom. The van der Waals surface area contributed by atoms with Crippen LogP contribution >= 0.6 is 0 Å². The number of aromatic nitrogens is 2. The zero-order valence-corrected chi connectivity index (χ0v) is 17.1. The van der Waals surface area contributed by atoms with Gasteiger partial charge in [-0.3, -0.25) is 19.6 Å². The lowest BCUT2D eigenvalue weighted by molar-refractivity contribution is -0.131. The van der Waals surface area contributed by atoms with Crippen LogP contribution in [0.3, 0.4) is 0 Å². The highest BCUT2D eigenvalue weighted by Crippen LogP contribution is 2.19. The van der Waals surface area contributed by atoms with Crippen molar-refractivity contribution >= 4 is 11.8 Å². The molecule has 0 aliphatic carbocycles. The van der Waals surface area contributed by atoms with Gasteiger partial charge in [0.2, 0.25) is 5.91 Å². The van der Waals surface area contributed by atoms with E-state index in [0.29, 0.717) is 25.3 Å². The molecule has 29 heavy (non-hydrogen) atoms. The van der Waals surface area contributed by atoms with E-state index < -0.39 is 0 Å². The maximum Gasteiger partial charge on any atom is 0.271 e. The van der Waals surface area contributed by atoms with Gasteiger partial charge < -0.3 is 9.80 Å². The van der Waals surface area contributed by atoms with Crippen LogP contribution in [0.1, 0.15) is 35.3 Å². The molecule has 2 amide bonds. The maximum atomic E-state index is 13.0. The molecular weight excluding hydrogens is 366 g/mol. The number of amides is 2. The van der Waals surface area contributed by atoms with Gasteiger partial charge >= 0.3 is 0 Å². The summed E-state index contributed by atoms with van der Waals surface area (Å²) in [7, 11) is 0. The minimum absolute atomic E-state index is 0.0245. The number of carbonyl (C=O) groups is 2. The van der Waals surface area contributed by atoms with E-state index in [1.807, 2.05) is 47.1 Å². The fourth-order valence-corrected chi connectivity index (χ4v) is 4.06. The molecule has 0 spiro atoms. The summed E-state index contributed by atoms with van der Waals surface area (Å²) >= 11 is 0. The molecular formula is C22H29N5O2. The first-order valence-corrected chi connectivity index (χ1v) is 10.5. The van der Waals surface area contributed by atoms with Crippen molar-refractivity contribution < 1.29 is 9.59 Å². The van der Waals surface area contributed by atoms with E-state index in [1.54, 1.807) is 0 Å². The van der Waals surface area contributed by atoms with Crippen LogP contribution in [-0.2, 0) is 4.79 Å². The zero-order valence-electron chi connectivity index (χ0n) is 17.1. The first-order valence-electron chi connectivity index (χ1n) is 10.5. The van der Waals surface area contributed by atoms with Crippen molar-refractivity contribution in [3.8, 4) is 11.3 Å². The summed E-state index contributed by atoms with van der Waals surface area (Å²) in [5.74, 6) is 0.196. The van der Waals surface area contributed by atoms with Gasteiger partial charge in [-0.1, -0.05) is 29.8 Å². The molecule has 2 fully saturated rings. The molecule has 1 N–H and O–H groups in total. The van der Waals surface area contributed by atoms with E-state index in [4.69, 9.17) is 0 Å². The first-order chi connectivity index (χ1) is 14.1. The van der Waals surface area contributed by atoms with Gasteiger partial charge in [0.05, 0.1) is 12.2 Å². The number of hydrogen-bond donors (Lipinski definition) is 1. The standard InChI is InChI=1S/C22H29N5O2/c1-17-5-7-18(8-6-17)19-15-20(24-23-19)22(29)27-12-4-9-25(13-14-27)16-21(28)26-10-2-3-11-26/h5-8,15H,2-4,9-14,16H2,1H3,(H,23,24). The van der Waals surface area contributed by atoms with Gasteiger partial charge in [-0.25, -0.2) is 0 Å². The van der Waals surface area contributed by atoms with Crippen LogP contribution in [0.5, 0.6) is 0 Å². The zero-order chi connectivity index (χ0) is 20.2. The number of benzene rings is 1. The molecule has 0 bridgehead atoms. The number of nitrogens with zero attached hydrogens (tertiary/aromatic N) is 4. The van der Waals surface area contributed by atoms with Gasteiger partial charge in [0.15, 0.2) is 0 Å². The van der Waals surface area contributed by atoms with Gasteiger partial charge in [0.25, 0.3) is 5.91 Å². The number of aromatic amines is 1. The third-order valence-corrected chi connectivity index (χ3v) is 5.85. The summed E-state index contributed by atoms with van der Waals surface area (Å²) < 4.78 is 0. The molecule has 3 heterocycles. The minimum Gasteiger partial charge on any atom is -0.342 e. The summed E-state index contributed by atoms with van der Waals surface area (Å²) in [4.78, 5) is 31.4. The molecule has 2 aromatic rings. The third-order valence-electron chi connectivity index (χ3n) is 5.85. The van der Waals surface area contributed by atoms with E-state index in [2.05, 4.69) is 15.1 Å². The van der Waals surface area contributed by atoms with E-state index >= 15 is 0 Å². The van der Waals surface area contributed by atoms with Crippen LogP contribution in [0.4, 0.5) is 0 Å². The molecule has 154 valence electrons. The number of aryl methyl sites for hydroxylation is 1. The smallest absolute Gasteiger partial charge is 0.271 e. The van der Waals surface area contributed by atoms with Gasteiger partial charge in [-0.15, -0.1) is 0 Å². The van der Waals surface area contributed by atoms with Crippen LogP contribution in [-0.4, -0.2) is 82.5 Å². The van der Waals surface area contributed by atoms with E-state index in [1.165, 1.54) is 5.56 Å². The fraction of sp³-hybridized carbons (Fsp3) is 0.500. The Kier molecular flexibility index (Phi) is 5.94. The Morgan fingerprint density at radius 2 is 1.66 bits per heavy atom. The lowest BCUT2D eigenvalue weighted by Crippen LogP contribution is -2.41. The number of carbonyl (C=O) groups excluding carboxylic acids is 2. The number of hydrogen-bond acceptors (Lipinski definition) is 4. The fourth-order valence-electron chi connectivity index (χ4n) is 4.06. The molecule has 7 heteroatoms. The monoisotopic (exact) mass is 395 g/mol. The molecule has 7 nitrogen and oxygen atoms in total. The summed E-state index contributed by atoms with van der Waals surface area (Å²) in [6.07, 6.45) is 3.10. The second-order valence-electron chi connectivity index (χ2n) is 8.04. The molecule has 0 atom stereocenters. The van der Waals surface area contributed by atoms with Crippen LogP contribution in [0.15, 0.2) is 30.3 Å². The summed E-state index contributed by atoms with van der Waals surface area (Å²) in [5.41, 5.74) is 3.48. The first kappa shape index (κ1) is 19.6. The van der Waals surface area contributed by atoms with Crippen molar-refractivity contribution in [1.82, 2.24) is 24.9 Å². The number of nitrogens with one attached hydrogen (secondary N) is 1. The Labute approximate surface area is 171 Å². The van der Waals surface area contributed by atoms with Gasteiger partial charge in [0.1, 0.15) is 5.69 Å². The third kappa shape index (κ3) is 4.67. The normalized spacial score (nSPS) is 18.1. The highest BCUT2D eigenvalue weighted by molar-refractivity contribution is 5.93. The Morgan fingerprint density at radius 1 is 0.931 bits per heavy atom. The second-order valence-corrected chi connectivity index (χ2v) is 8.04. The average Bonchev–Trinajstić information content (AvgIpc) is 3.38. The van der Waals surface area contributed by atoms with Crippen molar-refractivity contribution in [1.29, 1.82) is 0 Å². The molecule has 2 aliphatic rings. The van der Waals surface area contributed by atoms with E-state index in [-0.39, 0.29) is 11.8 Å². The lowest BCUT2D eigenvalue weighted by atomic mass is 10.1. The Hall–Kier alpha value is -2.67. The lowest BCUT2D eigenvalue weighted by Gasteiger charge is -2.23. The van der Waals surface area contributed by atoms with Crippen molar-refractivity contribution in [3.05, 3.63) is 41.6 Å². The van der Waals surface area contributed by atoms with Gasteiger partial charge in [0, 0.05) is 44.8 Å². The van der Waals surface area contributed by atoms with Crippen LogP contribution in [0.25, 0.3) is 11.3 Å². The largest absolute Gasteiger partial charge is 0.342 e. The molecule has 1 aromatic heterocycles. The van der Waals surface area contributed by atoms with Gasteiger partial charge in [-0.05, 0) is 32.3 Å². The van der Waals surface area contributed by atoms with E-state index in [9.17, 15) is 9.59 Å². The molecule has 2 aliphatic heterocycles. The highest BCUT2D eigenvalue weighted by Gasteiger charge is 2.25. The summed E-state index contributed by atoms with van der Waals surface area (Å²) in [6, 6.07) is 9.94. The van der Waals surface area contributed by atoms with Crippen LogP contribution in [0, 0.1) is 6.92 Å². The Bertz CT molecular complexity index is 854. The average molecular weight is 396 g/mol. The topological polar surface area (TPSA) is 72.5 Å². The maximum absolute atomic E-state index is 13.0. The van der Waals surface area contributed by atoms with Crippen molar-refractivity contribution in [3.63, 3.8) is 0 Å². The number of H-pyrrole nitrogens is 1. The van der Waals surface area contributed by atoms with E-state index in [0.717, 1.165) is 56.7 Å². The molecule has 2 saturated heterocycles. The highest BCUT2D eigenvalue weighted by atomic mass is 16.2. The predicted molar refractivity (Wildman–Crippen MR) is 112 cm³/mol. The quantitative estimate of drug-likeness (QED) is 0.861. The molecule has 1 aromatic carbocycles. The molecule has 4 rings (SSSR count). The summed E-state index contributed by atoms with van der Waals surface area (Å²) in [6.45, 7) is 7.19. The predicted octanol–water partition coefficient (Wildman–Crippen LogP) is 2.16. The molecule has 0 unspecified atom stereocenters.